The predicted molar refractivity (Wildman–Crippen MR) is 72.8 cm³/mol. The zero-order chi connectivity index (χ0) is 12.8. The molecule has 0 saturated heterocycles. The van der Waals surface area contributed by atoms with Gasteiger partial charge < -0.3 is 0 Å². The third-order valence-corrected chi connectivity index (χ3v) is 3.32. The number of allylic oxidation sites excluding steroid dienone is 1. The lowest BCUT2D eigenvalue weighted by molar-refractivity contribution is 0.0996. The van der Waals surface area contributed by atoms with E-state index in [2.05, 4.69) is 15.0 Å². The van der Waals surface area contributed by atoms with Gasteiger partial charge in [0.1, 0.15) is 5.52 Å². The maximum atomic E-state index is 12.1. The van der Waals surface area contributed by atoms with Gasteiger partial charge in [0.25, 0.3) is 0 Å². The fourth-order valence-corrected chi connectivity index (χ4v) is 2.43. The van der Waals surface area contributed by atoms with E-state index in [9.17, 15) is 4.79 Å². The van der Waals surface area contributed by atoms with E-state index in [-0.39, 0.29) is 5.78 Å². The van der Waals surface area contributed by atoms with Crippen LogP contribution in [0, 0.1) is 0 Å². The molecule has 90 valence electrons. The number of fused-ring (bicyclic) bond motifs is 4. The molecule has 1 aliphatic carbocycles. The number of hydrogen-bond acceptors (Lipinski definition) is 4. The van der Waals surface area contributed by atoms with Crippen LogP contribution in [0.5, 0.6) is 0 Å². The summed E-state index contributed by atoms with van der Waals surface area (Å²) < 4.78 is 0. The fourth-order valence-electron chi connectivity index (χ4n) is 2.43. The standard InChI is InChI=1S/C15H9N3O/c19-12-5-1-3-10-8-17-11-7-9-4-2-6-16-15(9)18-14(11)13(10)12/h1-4,6-8H,5H2. The highest BCUT2D eigenvalue weighted by Crippen LogP contribution is 2.26. The fraction of sp³-hybridized carbons (Fsp3) is 0.0667. The van der Waals surface area contributed by atoms with Gasteiger partial charge in [-0.1, -0.05) is 12.2 Å². The van der Waals surface area contributed by atoms with Gasteiger partial charge in [-0.2, -0.15) is 0 Å². The molecule has 0 atom stereocenters. The van der Waals surface area contributed by atoms with Crippen LogP contribution in [-0.2, 0) is 0 Å². The average molecular weight is 247 g/mol. The molecule has 4 heteroatoms. The van der Waals surface area contributed by atoms with Crippen LogP contribution < -0.4 is 0 Å². The Hall–Kier alpha value is -2.62. The van der Waals surface area contributed by atoms with Gasteiger partial charge in [-0.25, -0.2) is 9.97 Å². The van der Waals surface area contributed by atoms with Crippen molar-refractivity contribution in [3.05, 3.63) is 47.8 Å². The van der Waals surface area contributed by atoms with Crippen molar-refractivity contribution in [1.82, 2.24) is 15.0 Å². The highest BCUT2D eigenvalue weighted by atomic mass is 16.1. The smallest absolute Gasteiger partial charge is 0.169 e. The molecule has 0 spiro atoms. The number of rotatable bonds is 0. The molecule has 0 saturated carbocycles. The highest BCUT2D eigenvalue weighted by Gasteiger charge is 2.18. The van der Waals surface area contributed by atoms with Crippen molar-refractivity contribution >= 4 is 33.9 Å². The van der Waals surface area contributed by atoms with Gasteiger partial charge in [0, 0.05) is 29.8 Å². The van der Waals surface area contributed by atoms with Crippen molar-refractivity contribution in [2.24, 2.45) is 0 Å². The molecule has 1 aliphatic rings. The van der Waals surface area contributed by atoms with Crippen LogP contribution in [0.2, 0.25) is 0 Å². The zero-order valence-corrected chi connectivity index (χ0v) is 10.00. The van der Waals surface area contributed by atoms with E-state index >= 15 is 0 Å². The minimum absolute atomic E-state index is 0.0904. The normalized spacial score (nSPS) is 14.0. The molecule has 0 aliphatic heterocycles. The minimum Gasteiger partial charge on any atom is -0.294 e. The lowest BCUT2D eigenvalue weighted by Crippen LogP contribution is -2.07. The first-order valence-electron chi connectivity index (χ1n) is 6.07. The Kier molecular flexibility index (Phi) is 2.00. The number of Topliss-reactive ketones (excluding diaryl/α,β-unsaturated/α-hetero) is 1. The number of carbonyl (C=O) groups excluding carboxylic acids is 1. The molecule has 0 fully saturated rings. The summed E-state index contributed by atoms with van der Waals surface area (Å²) in [5.41, 5.74) is 3.54. The Labute approximate surface area is 108 Å². The summed E-state index contributed by atoms with van der Waals surface area (Å²) in [7, 11) is 0. The molecule has 0 amide bonds. The maximum absolute atomic E-state index is 12.1. The Bertz CT molecular complexity index is 868. The minimum atomic E-state index is 0.0904. The molecular formula is C15H9N3O. The van der Waals surface area contributed by atoms with Crippen LogP contribution in [0.1, 0.15) is 22.3 Å². The monoisotopic (exact) mass is 247 g/mol. The first-order chi connectivity index (χ1) is 9.33. The lowest BCUT2D eigenvalue weighted by atomic mass is 9.96. The van der Waals surface area contributed by atoms with Gasteiger partial charge in [0.05, 0.1) is 11.1 Å². The molecule has 19 heavy (non-hydrogen) atoms. The van der Waals surface area contributed by atoms with Crippen LogP contribution in [0.25, 0.3) is 28.1 Å². The van der Waals surface area contributed by atoms with E-state index in [1.54, 1.807) is 12.4 Å². The van der Waals surface area contributed by atoms with Crippen molar-refractivity contribution in [1.29, 1.82) is 0 Å². The van der Waals surface area contributed by atoms with Crippen LogP contribution in [0.4, 0.5) is 0 Å². The molecule has 3 aromatic heterocycles. The van der Waals surface area contributed by atoms with Crippen LogP contribution in [-0.4, -0.2) is 20.7 Å². The first-order valence-corrected chi connectivity index (χ1v) is 6.07. The third-order valence-electron chi connectivity index (χ3n) is 3.32. The van der Waals surface area contributed by atoms with E-state index in [1.807, 2.05) is 30.4 Å². The molecule has 0 aromatic carbocycles. The van der Waals surface area contributed by atoms with E-state index in [0.29, 0.717) is 23.1 Å². The number of aromatic nitrogens is 3. The van der Waals surface area contributed by atoms with Gasteiger partial charge in [0.2, 0.25) is 0 Å². The molecule has 3 aromatic rings. The molecule has 4 nitrogen and oxygen atoms in total. The zero-order valence-electron chi connectivity index (χ0n) is 10.00. The van der Waals surface area contributed by atoms with Crippen molar-refractivity contribution < 1.29 is 4.79 Å². The lowest BCUT2D eigenvalue weighted by Gasteiger charge is -2.11. The Morgan fingerprint density at radius 1 is 1.21 bits per heavy atom. The van der Waals surface area contributed by atoms with Crippen LogP contribution in [0.15, 0.2) is 36.7 Å². The van der Waals surface area contributed by atoms with Crippen molar-refractivity contribution in [2.75, 3.05) is 0 Å². The quantitative estimate of drug-likeness (QED) is 0.573. The molecule has 0 bridgehead atoms. The van der Waals surface area contributed by atoms with Gasteiger partial charge in [-0.3, -0.25) is 9.78 Å². The summed E-state index contributed by atoms with van der Waals surface area (Å²) >= 11 is 0. The number of carbonyl (C=O) groups is 1. The summed E-state index contributed by atoms with van der Waals surface area (Å²) in [5, 5.41) is 0.932. The van der Waals surface area contributed by atoms with Crippen molar-refractivity contribution in [3.63, 3.8) is 0 Å². The molecule has 0 radical (unpaired) electrons. The topological polar surface area (TPSA) is 55.7 Å². The summed E-state index contributed by atoms with van der Waals surface area (Å²) in [6.07, 6.45) is 7.64. The van der Waals surface area contributed by atoms with Crippen LogP contribution >= 0.6 is 0 Å². The van der Waals surface area contributed by atoms with E-state index in [1.165, 1.54) is 0 Å². The van der Waals surface area contributed by atoms with Gasteiger partial charge >= 0.3 is 0 Å². The molecule has 0 unspecified atom stereocenters. The Balaban J connectivity index is 2.19. The summed E-state index contributed by atoms with van der Waals surface area (Å²) in [6, 6.07) is 5.73. The van der Waals surface area contributed by atoms with Gasteiger partial charge in [-0.15, -0.1) is 0 Å². The van der Waals surface area contributed by atoms with Gasteiger partial charge in [0.15, 0.2) is 11.4 Å². The summed E-state index contributed by atoms with van der Waals surface area (Å²) in [6.45, 7) is 0. The average Bonchev–Trinajstić information content (AvgIpc) is 2.45. The van der Waals surface area contributed by atoms with Crippen LogP contribution in [0.3, 0.4) is 0 Å². The second-order valence-electron chi connectivity index (χ2n) is 4.52. The molecular weight excluding hydrogens is 238 g/mol. The Morgan fingerprint density at radius 2 is 2.16 bits per heavy atom. The largest absolute Gasteiger partial charge is 0.294 e. The third kappa shape index (κ3) is 1.46. The van der Waals surface area contributed by atoms with E-state index < -0.39 is 0 Å². The summed E-state index contributed by atoms with van der Waals surface area (Å²) in [5.74, 6) is 0.0904. The Morgan fingerprint density at radius 3 is 3.11 bits per heavy atom. The molecule has 3 heterocycles. The second-order valence-corrected chi connectivity index (χ2v) is 4.52. The first kappa shape index (κ1) is 10.3. The highest BCUT2D eigenvalue weighted by molar-refractivity contribution is 6.12. The number of nitrogens with zero attached hydrogens (tertiary/aromatic N) is 3. The summed E-state index contributed by atoms with van der Waals surface area (Å²) in [4.78, 5) is 25.2. The maximum Gasteiger partial charge on any atom is 0.169 e. The number of pyridine rings is 3. The number of ketones is 1. The van der Waals surface area contributed by atoms with Crippen molar-refractivity contribution in [2.45, 2.75) is 6.42 Å². The number of hydrogen-bond donors (Lipinski definition) is 0. The molecule has 0 N–H and O–H groups in total. The van der Waals surface area contributed by atoms with E-state index in [0.717, 1.165) is 16.5 Å². The predicted octanol–water partition coefficient (Wildman–Crippen LogP) is 2.78. The molecule has 4 rings (SSSR count). The van der Waals surface area contributed by atoms with Gasteiger partial charge in [-0.05, 0) is 18.2 Å². The SMILES string of the molecule is O=C1CC=Cc2cnc3cc4cccnc4nc3c21. The van der Waals surface area contributed by atoms with Crippen molar-refractivity contribution in [3.8, 4) is 0 Å². The van der Waals surface area contributed by atoms with E-state index in [4.69, 9.17) is 0 Å². The second kappa shape index (κ2) is 3.68.